The Balaban J connectivity index is 1.59. The molecule has 1 aliphatic carbocycles. The Morgan fingerprint density at radius 1 is 0.636 bits per heavy atom. The molecule has 1 aliphatic rings. The molecule has 2 heteroatoms. The van der Waals surface area contributed by atoms with Crippen molar-refractivity contribution in [3.63, 3.8) is 0 Å². The second-order valence-corrected chi connectivity index (χ2v) is 10.0. The van der Waals surface area contributed by atoms with E-state index in [0.717, 1.165) is 10.5 Å². The third-order valence-corrected chi connectivity index (χ3v) is 7.68. The topological polar surface area (TPSA) is 4.93 Å². The van der Waals surface area contributed by atoms with E-state index in [1.54, 1.807) is 0 Å². The lowest BCUT2D eigenvalue weighted by molar-refractivity contribution is 0.660. The number of hydrogen-bond donors (Lipinski definition) is 0. The Labute approximate surface area is 197 Å². The molecule has 0 aliphatic heterocycles. The van der Waals surface area contributed by atoms with Gasteiger partial charge in [0.2, 0.25) is 0 Å². The lowest BCUT2D eigenvalue weighted by Gasteiger charge is -2.22. The van der Waals surface area contributed by atoms with Crippen molar-refractivity contribution in [2.24, 2.45) is 0 Å². The van der Waals surface area contributed by atoms with Gasteiger partial charge in [0.25, 0.3) is 0 Å². The Hall–Kier alpha value is -3.55. The number of hydrogen-bond acceptors (Lipinski definition) is 0. The van der Waals surface area contributed by atoms with Gasteiger partial charge in [-0.2, -0.15) is 0 Å². The molecular formula is C31H22ClN. The SMILES string of the molecule is CC1(C)c2ccccc2-c2ccc(-n3c4cc(Cl)ccc4c4c5ccccc5ccc43)cc21. The fourth-order valence-electron chi connectivity index (χ4n) is 5.87. The molecule has 0 saturated carbocycles. The zero-order chi connectivity index (χ0) is 22.3. The molecule has 0 spiro atoms. The maximum atomic E-state index is 6.51. The number of nitrogens with zero attached hydrogens (tertiary/aromatic N) is 1. The van der Waals surface area contributed by atoms with Crippen LogP contribution in [0.1, 0.15) is 25.0 Å². The van der Waals surface area contributed by atoms with Crippen molar-refractivity contribution in [3.8, 4) is 16.8 Å². The molecular weight excluding hydrogens is 422 g/mol. The maximum absolute atomic E-state index is 6.51. The van der Waals surface area contributed by atoms with Crippen LogP contribution in [0, 0.1) is 0 Å². The zero-order valence-electron chi connectivity index (χ0n) is 18.6. The monoisotopic (exact) mass is 443 g/mol. The van der Waals surface area contributed by atoms with Crippen molar-refractivity contribution in [3.05, 3.63) is 113 Å². The highest BCUT2D eigenvalue weighted by Crippen LogP contribution is 2.49. The smallest absolute Gasteiger partial charge is 0.0556 e. The van der Waals surface area contributed by atoms with Gasteiger partial charge in [-0.15, -0.1) is 0 Å². The summed E-state index contributed by atoms with van der Waals surface area (Å²) in [5, 5.41) is 5.79. The minimum absolute atomic E-state index is 0.0367. The first-order valence-electron chi connectivity index (χ1n) is 11.4. The van der Waals surface area contributed by atoms with Crippen LogP contribution in [0.5, 0.6) is 0 Å². The molecule has 0 radical (unpaired) electrons. The first kappa shape index (κ1) is 19.0. The van der Waals surface area contributed by atoms with Crippen LogP contribution in [0.15, 0.2) is 97.1 Å². The van der Waals surface area contributed by atoms with Crippen molar-refractivity contribution >= 4 is 44.2 Å². The van der Waals surface area contributed by atoms with Gasteiger partial charge in [0, 0.05) is 26.9 Å². The molecule has 0 unspecified atom stereocenters. The van der Waals surface area contributed by atoms with Gasteiger partial charge in [-0.3, -0.25) is 0 Å². The molecule has 5 aromatic carbocycles. The number of fused-ring (bicyclic) bond motifs is 8. The van der Waals surface area contributed by atoms with Crippen LogP contribution >= 0.6 is 11.6 Å². The highest BCUT2D eigenvalue weighted by molar-refractivity contribution is 6.32. The van der Waals surface area contributed by atoms with Crippen molar-refractivity contribution in [2.45, 2.75) is 19.3 Å². The van der Waals surface area contributed by atoms with Crippen molar-refractivity contribution < 1.29 is 0 Å². The number of rotatable bonds is 1. The van der Waals surface area contributed by atoms with Crippen LogP contribution in [0.4, 0.5) is 0 Å². The van der Waals surface area contributed by atoms with E-state index in [1.165, 1.54) is 55.0 Å². The molecule has 0 N–H and O–H groups in total. The van der Waals surface area contributed by atoms with Gasteiger partial charge in [0.1, 0.15) is 0 Å². The second-order valence-electron chi connectivity index (χ2n) is 9.58. The Bertz CT molecular complexity index is 1750. The van der Waals surface area contributed by atoms with Gasteiger partial charge < -0.3 is 4.57 Å². The van der Waals surface area contributed by atoms with Crippen molar-refractivity contribution in [1.82, 2.24) is 4.57 Å². The first-order valence-corrected chi connectivity index (χ1v) is 11.8. The summed E-state index contributed by atoms with van der Waals surface area (Å²) in [6.45, 7) is 4.66. The van der Waals surface area contributed by atoms with Crippen LogP contribution in [0.3, 0.4) is 0 Å². The Kier molecular flexibility index (Phi) is 3.73. The lowest BCUT2D eigenvalue weighted by Crippen LogP contribution is -2.15. The Morgan fingerprint density at radius 3 is 2.33 bits per heavy atom. The molecule has 0 saturated heterocycles. The molecule has 0 amide bonds. The van der Waals surface area contributed by atoms with Crippen LogP contribution in [0.25, 0.3) is 49.4 Å². The molecule has 6 aromatic rings. The highest BCUT2D eigenvalue weighted by Gasteiger charge is 2.35. The summed E-state index contributed by atoms with van der Waals surface area (Å²) in [6.07, 6.45) is 0. The van der Waals surface area contributed by atoms with E-state index >= 15 is 0 Å². The van der Waals surface area contributed by atoms with Crippen LogP contribution in [0.2, 0.25) is 5.02 Å². The van der Waals surface area contributed by atoms with Crippen LogP contribution < -0.4 is 0 Å². The summed E-state index contributed by atoms with van der Waals surface area (Å²) in [7, 11) is 0. The van der Waals surface area contributed by atoms with Gasteiger partial charge in [-0.25, -0.2) is 0 Å². The van der Waals surface area contributed by atoms with E-state index in [1.807, 2.05) is 6.07 Å². The number of halogens is 1. The normalized spacial score (nSPS) is 14.2. The third-order valence-electron chi connectivity index (χ3n) is 7.44. The first-order chi connectivity index (χ1) is 16.0. The Morgan fingerprint density at radius 2 is 1.42 bits per heavy atom. The summed E-state index contributed by atoms with van der Waals surface area (Å²) in [5.41, 5.74) is 8.94. The van der Waals surface area contributed by atoms with Crippen LogP contribution in [-0.4, -0.2) is 4.57 Å². The summed E-state index contributed by atoms with van der Waals surface area (Å²) >= 11 is 6.51. The van der Waals surface area contributed by atoms with E-state index in [2.05, 4.69) is 109 Å². The summed E-state index contributed by atoms with van der Waals surface area (Å²) in [5.74, 6) is 0. The van der Waals surface area contributed by atoms with E-state index in [0.29, 0.717) is 0 Å². The van der Waals surface area contributed by atoms with E-state index in [4.69, 9.17) is 11.6 Å². The third kappa shape index (κ3) is 2.49. The highest BCUT2D eigenvalue weighted by atomic mass is 35.5. The molecule has 0 fully saturated rings. The largest absolute Gasteiger partial charge is 0.309 e. The zero-order valence-corrected chi connectivity index (χ0v) is 19.3. The van der Waals surface area contributed by atoms with E-state index < -0.39 is 0 Å². The average molecular weight is 444 g/mol. The van der Waals surface area contributed by atoms with Crippen molar-refractivity contribution in [1.29, 1.82) is 0 Å². The van der Waals surface area contributed by atoms with E-state index in [-0.39, 0.29) is 5.41 Å². The minimum Gasteiger partial charge on any atom is -0.309 e. The van der Waals surface area contributed by atoms with Gasteiger partial charge in [-0.1, -0.05) is 92.2 Å². The minimum atomic E-state index is -0.0367. The number of benzene rings is 5. The summed E-state index contributed by atoms with van der Waals surface area (Å²) in [4.78, 5) is 0. The fraction of sp³-hybridized carbons (Fsp3) is 0.0968. The molecule has 1 heterocycles. The molecule has 0 atom stereocenters. The predicted octanol–water partition coefficient (Wildman–Crippen LogP) is 8.90. The molecule has 1 nitrogen and oxygen atoms in total. The molecule has 1 aromatic heterocycles. The van der Waals surface area contributed by atoms with Crippen molar-refractivity contribution in [2.75, 3.05) is 0 Å². The van der Waals surface area contributed by atoms with E-state index in [9.17, 15) is 0 Å². The van der Waals surface area contributed by atoms with Gasteiger partial charge >= 0.3 is 0 Å². The molecule has 158 valence electrons. The van der Waals surface area contributed by atoms with Gasteiger partial charge in [0.05, 0.1) is 11.0 Å². The summed E-state index contributed by atoms with van der Waals surface area (Å²) in [6, 6.07) is 35.1. The molecule has 7 rings (SSSR count). The number of aromatic nitrogens is 1. The quantitative estimate of drug-likeness (QED) is 0.239. The second kappa shape index (κ2) is 6.50. The van der Waals surface area contributed by atoms with Gasteiger partial charge in [-0.05, 0) is 63.4 Å². The predicted molar refractivity (Wildman–Crippen MR) is 141 cm³/mol. The maximum Gasteiger partial charge on any atom is 0.0556 e. The molecule has 0 bridgehead atoms. The fourth-order valence-corrected chi connectivity index (χ4v) is 6.04. The summed E-state index contributed by atoms with van der Waals surface area (Å²) < 4.78 is 2.38. The van der Waals surface area contributed by atoms with Crippen LogP contribution in [-0.2, 0) is 5.41 Å². The standard InChI is InChI=1S/C31H22ClN/c1-31(2)26-10-6-5-9-23(26)24-15-13-21(18-27(24)31)33-28-16-11-19-7-3-4-8-22(19)30(28)25-14-12-20(32)17-29(25)33/h3-18H,1-2H3. The molecule has 33 heavy (non-hydrogen) atoms. The lowest BCUT2D eigenvalue weighted by atomic mass is 9.82. The average Bonchev–Trinajstić information content (AvgIpc) is 3.28. The van der Waals surface area contributed by atoms with Gasteiger partial charge in [0.15, 0.2) is 0 Å².